The highest BCUT2D eigenvalue weighted by molar-refractivity contribution is 9.10. The minimum atomic E-state index is -0.437. The van der Waals surface area contributed by atoms with Gasteiger partial charge in [0.1, 0.15) is 0 Å². The largest absolute Gasteiger partial charge is 0.465 e. The molecule has 0 aliphatic carbocycles. The van der Waals surface area contributed by atoms with Crippen molar-refractivity contribution >= 4 is 39.6 Å². The molecule has 0 fully saturated rings. The van der Waals surface area contributed by atoms with Crippen LogP contribution in [0.1, 0.15) is 43.1 Å². The fraction of sp³-hybridized carbons (Fsp3) is 0.333. The van der Waals surface area contributed by atoms with Gasteiger partial charge in [-0.2, -0.15) is 0 Å². The molecule has 4 nitrogen and oxygen atoms in total. The van der Waals surface area contributed by atoms with E-state index in [9.17, 15) is 9.59 Å². The van der Waals surface area contributed by atoms with Crippen molar-refractivity contribution in [3.63, 3.8) is 0 Å². The Labute approximate surface area is 127 Å². The standard InChI is InChI=1S/C15H18BrNO3/c1-5-9(2)6-12-13(15(19)20-4)7-11(16)8-14(12)17-10(3)18/h6-8H,5H2,1-4H3,(H,17,18)/b9-6+. The summed E-state index contributed by atoms with van der Waals surface area (Å²) >= 11 is 3.34. The lowest BCUT2D eigenvalue weighted by Crippen LogP contribution is -2.11. The number of ether oxygens (including phenoxy) is 1. The Morgan fingerprint density at radius 1 is 1.35 bits per heavy atom. The molecule has 0 saturated carbocycles. The van der Waals surface area contributed by atoms with Crippen molar-refractivity contribution in [3.8, 4) is 0 Å². The maximum absolute atomic E-state index is 11.9. The molecule has 1 N–H and O–H groups in total. The van der Waals surface area contributed by atoms with E-state index in [2.05, 4.69) is 21.2 Å². The molecule has 1 aromatic rings. The number of carbonyl (C=O) groups is 2. The van der Waals surface area contributed by atoms with E-state index in [1.54, 1.807) is 12.1 Å². The highest BCUT2D eigenvalue weighted by Gasteiger charge is 2.16. The Hall–Kier alpha value is -1.62. The summed E-state index contributed by atoms with van der Waals surface area (Å²) in [6.45, 7) is 5.43. The van der Waals surface area contributed by atoms with Gasteiger partial charge < -0.3 is 10.1 Å². The van der Waals surface area contributed by atoms with Gasteiger partial charge in [-0.1, -0.05) is 34.5 Å². The van der Waals surface area contributed by atoms with Crippen molar-refractivity contribution in [1.82, 2.24) is 0 Å². The Balaban J connectivity index is 3.52. The third-order valence-electron chi connectivity index (χ3n) is 2.81. The molecule has 0 aliphatic rings. The maximum atomic E-state index is 11.9. The Morgan fingerprint density at radius 3 is 2.50 bits per heavy atom. The summed E-state index contributed by atoms with van der Waals surface area (Å²) in [5.74, 6) is -0.629. The summed E-state index contributed by atoms with van der Waals surface area (Å²) in [4.78, 5) is 23.2. The molecule has 5 heteroatoms. The molecule has 0 atom stereocenters. The molecule has 0 saturated heterocycles. The fourth-order valence-electron chi connectivity index (χ4n) is 1.69. The molecule has 0 spiro atoms. The molecule has 1 aromatic carbocycles. The number of hydrogen-bond acceptors (Lipinski definition) is 3. The van der Waals surface area contributed by atoms with Gasteiger partial charge in [0.25, 0.3) is 0 Å². The number of nitrogens with one attached hydrogen (secondary N) is 1. The van der Waals surface area contributed by atoms with E-state index < -0.39 is 5.97 Å². The SMILES string of the molecule is CC/C(C)=C/c1c(NC(C)=O)cc(Br)cc1C(=O)OC. The monoisotopic (exact) mass is 339 g/mol. The number of allylic oxidation sites excluding steroid dienone is 1. The number of esters is 1. The zero-order valence-electron chi connectivity index (χ0n) is 12.0. The van der Waals surface area contributed by atoms with Gasteiger partial charge in [-0.25, -0.2) is 4.79 Å². The van der Waals surface area contributed by atoms with Crippen LogP contribution in [0.25, 0.3) is 6.08 Å². The van der Waals surface area contributed by atoms with Crippen LogP contribution in [0.4, 0.5) is 5.69 Å². The molecule has 1 amide bonds. The summed E-state index contributed by atoms with van der Waals surface area (Å²) in [7, 11) is 1.33. The lowest BCUT2D eigenvalue weighted by atomic mass is 10.0. The first-order valence-corrected chi connectivity index (χ1v) is 7.05. The predicted molar refractivity (Wildman–Crippen MR) is 83.7 cm³/mol. The average molecular weight is 340 g/mol. The lowest BCUT2D eigenvalue weighted by molar-refractivity contribution is -0.114. The summed E-state index contributed by atoms with van der Waals surface area (Å²) in [5, 5.41) is 2.74. The van der Waals surface area contributed by atoms with Crippen LogP contribution in [0.15, 0.2) is 22.2 Å². The number of benzene rings is 1. The Bertz CT molecular complexity index is 564. The lowest BCUT2D eigenvalue weighted by Gasteiger charge is -2.13. The van der Waals surface area contributed by atoms with Gasteiger partial charge in [-0.3, -0.25) is 4.79 Å². The van der Waals surface area contributed by atoms with Crippen molar-refractivity contribution < 1.29 is 14.3 Å². The fourth-order valence-corrected chi connectivity index (χ4v) is 2.15. The topological polar surface area (TPSA) is 55.4 Å². The molecule has 0 bridgehead atoms. The second kappa shape index (κ2) is 7.24. The van der Waals surface area contributed by atoms with Crippen LogP contribution in [0.3, 0.4) is 0 Å². The van der Waals surface area contributed by atoms with Crippen molar-refractivity contribution in [2.75, 3.05) is 12.4 Å². The third kappa shape index (κ3) is 4.20. The highest BCUT2D eigenvalue weighted by Crippen LogP contribution is 2.29. The Morgan fingerprint density at radius 2 is 2.00 bits per heavy atom. The third-order valence-corrected chi connectivity index (χ3v) is 3.27. The number of halogens is 1. The van der Waals surface area contributed by atoms with Gasteiger partial charge in [-0.15, -0.1) is 0 Å². The molecule has 0 aromatic heterocycles. The molecule has 0 heterocycles. The second-order valence-corrected chi connectivity index (χ2v) is 5.35. The number of amides is 1. The maximum Gasteiger partial charge on any atom is 0.338 e. The van der Waals surface area contributed by atoms with E-state index in [4.69, 9.17) is 4.74 Å². The first-order valence-electron chi connectivity index (χ1n) is 6.25. The minimum Gasteiger partial charge on any atom is -0.465 e. The number of methoxy groups -OCH3 is 1. The highest BCUT2D eigenvalue weighted by atomic mass is 79.9. The van der Waals surface area contributed by atoms with Crippen LogP contribution in [-0.2, 0) is 9.53 Å². The van der Waals surface area contributed by atoms with Gasteiger partial charge in [0.05, 0.1) is 12.7 Å². The van der Waals surface area contributed by atoms with Gasteiger partial charge in [-0.05, 0) is 25.5 Å². The number of rotatable bonds is 4. The van der Waals surface area contributed by atoms with Crippen LogP contribution < -0.4 is 5.32 Å². The first kappa shape index (κ1) is 16.4. The smallest absolute Gasteiger partial charge is 0.338 e. The van der Waals surface area contributed by atoms with Gasteiger partial charge in [0.2, 0.25) is 5.91 Å². The van der Waals surface area contributed by atoms with E-state index in [-0.39, 0.29) is 5.91 Å². The molecular weight excluding hydrogens is 322 g/mol. The van der Waals surface area contributed by atoms with Crippen LogP contribution in [-0.4, -0.2) is 19.0 Å². The zero-order valence-corrected chi connectivity index (χ0v) is 13.6. The van der Waals surface area contributed by atoms with E-state index in [1.807, 2.05) is 19.9 Å². The normalized spacial score (nSPS) is 11.2. The van der Waals surface area contributed by atoms with E-state index in [0.29, 0.717) is 21.3 Å². The molecule has 20 heavy (non-hydrogen) atoms. The second-order valence-electron chi connectivity index (χ2n) is 4.43. The zero-order chi connectivity index (χ0) is 15.3. The molecule has 1 rings (SSSR count). The van der Waals surface area contributed by atoms with Crippen molar-refractivity contribution in [3.05, 3.63) is 33.3 Å². The van der Waals surface area contributed by atoms with Crippen LogP contribution >= 0.6 is 15.9 Å². The van der Waals surface area contributed by atoms with Crippen molar-refractivity contribution in [2.45, 2.75) is 27.2 Å². The quantitative estimate of drug-likeness (QED) is 0.843. The molecule has 0 aliphatic heterocycles. The predicted octanol–water partition coefficient (Wildman–Crippen LogP) is 4.01. The van der Waals surface area contributed by atoms with E-state index >= 15 is 0 Å². The Kier molecular flexibility index (Phi) is 5.95. The summed E-state index contributed by atoms with van der Waals surface area (Å²) in [6, 6.07) is 3.45. The summed E-state index contributed by atoms with van der Waals surface area (Å²) in [5.41, 5.74) is 2.76. The number of carbonyl (C=O) groups excluding carboxylic acids is 2. The van der Waals surface area contributed by atoms with Gasteiger partial charge in [0, 0.05) is 22.6 Å². The van der Waals surface area contributed by atoms with Crippen molar-refractivity contribution in [1.29, 1.82) is 0 Å². The number of anilines is 1. The minimum absolute atomic E-state index is 0.192. The van der Waals surface area contributed by atoms with Gasteiger partial charge >= 0.3 is 5.97 Å². The molecule has 0 unspecified atom stereocenters. The van der Waals surface area contributed by atoms with E-state index in [0.717, 1.165) is 12.0 Å². The van der Waals surface area contributed by atoms with Gasteiger partial charge in [0.15, 0.2) is 0 Å². The van der Waals surface area contributed by atoms with Crippen LogP contribution in [0, 0.1) is 0 Å². The molecule has 0 radical (unpaired) electrons. The summed E-state index contributed by atoms with van der Waals surface area (Å²) < 4.78 is 5.51. The molecular formula is C15H18BrNO3. The average Bonchev–Trinajstić information content (AvgIpc) is 2.39. The van der Waals surface area contributed by atoms with E-state index in [1.165, 1.54) is 14.0 Å². The summed E-state index contributed by atoms with van der Waals surface area (Å²) in [6.07, 6.45) is 2.75. The van der Waals surface area contributed by atoms with Crippen LogP contribution in [0.2, 0.25) is 0 Å². The first-order chi connectivity index (χ1) is 9.38. The number of hydrogen-bond donors (Lipinski definition) is 1. The van der Waals surface area contributed by atoms with Crippen LogP contribution in [0.5, 0.6) is 0 Å². The molecule has 108 valence electrons. The van der Waals surface area contributed by atoms with Crippen molar-refractivity contribution in [2.24, 2.45) is 0 Å².